The molecule has 15 heteroatoms. The highest BCUT2D eigenvalue weighted by Gasteiger charge is 2.38. The number of hydrogen-bond acceptors (Lipinski definition) is 9. The van der Waals surface area contributed by atoms with Crippen molar-refractivity contribution in [3.63, 3.8) is 0 Å². The molecule has 1 aliphatic rings. The quantitative estimate of drug-likeness (QED) is 0.203. The number of fused-ring (bicyclic) bond motifs is 1. The van der Waals surface area contributed by atoms with Gasteiger partial charge in [-0.05, 0) is 78.6 Å². The van der Waals surface area contributed by atoms with Gasteiger partial charge >= 0.3 is 6.09 Å². The van der Waals surface area contributed by atoms with Gasteiger partial charge in [0.1, 0.15) is 18.4 Å². The van der Waals surface area contributed by atoms with Crippen LogP contribution in [0.15, 0.2) is 53.4 Å². The number of nitrogens with one attached hydrogen (secondary N) is 2. The average molecular weight is 655 g/mol. The van der Waals surface area contributed by atoms with Crippen LogP contribution < -0.4 is 25.0 Å². The summed E-state index contributed by atoms with van der Waals surface area (Å²) in [6.07, 6.45) is -0.955. The molecule has 1 heterocycles. The lowest BCUT2D eigenvalue weighted by atomic mass is 10.1. The van der Waals surface area contributed by atoms with Gasteiger partial charge in [-0.3, -0.25) is 10.0 Å². The number of sulfonamides is 1. The number of carbonyl (C=O) groups excluding carboxylic acids is 2. The van der Waals surface area contributed by atoms with Gasteiger partial charge in [0.15, 0.2) is 11.5 Å². The van der Waals surface area contributed by atoms with E-state index in [-0.39, 0.29) is 24.8 Å². The number of methoxy groups -OCH3 is 1. The molecule has 12 nitrogen and oxygen atoms in total. The first kappa shape index (κ1) is 32.2. The van der Waals surface area contributed by atoms with Crippen molar-refractivity contribution >= 4 is 45.2 Å². The van der Waals surface area contributed by atoms with E-state index in [4.69, 9.17) is 42.1 Å². The van der Waals surface area contributed by atoms with Crippen LogP contribution in [0.2, 0.25) is 10.0 Å². The van der Waals surface area contributed by atoms with Crippen molar-refractivity contribution in [1.29, 1.82) is 0 Å². The molecule has 1 atom stereocenters. The molecule has 230 valence electrons. The molecule has 3 N–H and O–H groups in total. The van der Waals surface area contributed by atoms with Gasteiger partial charge in [0, 0.05) is 23.1 Å². The largest absolute Gasteiger partial charge is 0.497 e. The highest BCUT2D eigenvalue weighted by atomic mass is 35.5. The second-order valence-electron chi connectivity index (χ2n) is 9.55. The maximum atomic E-state index is 14.3. The van der Waals surface area contributed by atoms with Gasteiger partial charge in [0.25, 0.3) is 5.91 Å². The third-order valence-electron chi connectivity index (χ3n) is 6.50. The third kappa shape index (κ3) is 7.61. The van der Waals surface area contributed by atoms with Crippen LogP contribution in [-0.2, 0) is 32.7 Å². The second-order valence-corrected chi connectivity index (χ2v) is 12.3. The highest BCUT2D eigenvalue weighted by Crippen LogP contribution is 2.35. The summed E-state index contributed by atoms with van der Waals surface area (Å²) in [7, 11) is -2.99. The Morgan fingerprint density at radius 2 is 1.65 bits per heavy atom. The summed E-state index contributed by atoms with van der Waals surface area (Å²) in [5.74, 6) is 0.245. The van der Waals surface area contributed by atoms with Crippen LogP contribution in [0, 0.1) is 13.8 Å². The summed E-state index contributed by atoms with van der Waals surface area (Å²) in [5.41, 5.74) is 3.20. The van der Waals surface area contributed by atoms with Crippen molar-refractivity contribution in [1.82, 2.24) is 15.1 Å². The van der Waals surface area contributed by atoms with Gasteiger partial charge in [0.05, 0.1) is 12.0 Å². The predicted molar refractivity (Wildman–Crippen MR) is 156 cm³/mol. The van der Waals surface area contributed by atoms with Gasteiger partial charge in [0.2, 0.25) is 16.8 Å². The number of halogens is 2. The van der Waals surface area contributed by atoms with E-state index in [1.54, 1.807) is 56.3 Å². The van der Waals surface area contributed by atoms with Crippen LogP contribution in [0.25, 0.3) is 0 Å². The molecule has 3 aromatic rings. The van der Waals surface area contributed by atoms with Crippen LogP contribution >= 0.6 is 23.2 Å². The zero-order valence-electron chi connectivity index (χ0n) is 23.3. The standard InChI is InChI=1S/C28H29Cl2N3O9S/c1-16-6-22(39-3)7-17(2)26(16)43(37,38)33(13-18-4-5-24-25(10-18)42-15-41-24)23(27(34)32-36)12-31-28(35)40-14-19-8-20(29)11-21(30)9-19/h4-11,23,36H,12-15H2,1-3H3,(H,31,35)(H,32,34)/t23-/m1/s1. The van der Waals surface area contributed by atoms with E-state index in [9.17, 15) is 23.2 Å². The van der Waals surface area contributed by atoms with E-state index >= 15 is 0 Å². The first-order valence-electron chi connectivity index (χ1n) is 12.8. The molecule has 0 saturated heterocycles. The summed E-state index contributed by atoms with van der Waals surface area (Å²) in [6.45, 7) is 2.11. The molecule has 0 bridgehead atoms. The van der Waals surface area contributed by atoms with Crippen molar-refractivity contribution in [3.05, 3.63) is 80.8 Å². The van der Waals surface area contributed by atoms with Crippen molar-refractivity contribution in [2.24, 2.45) is 0 Å². The van der Waals surface area contributed by atoms with E-state index in [0.717, 1.165) is 4.31 Å². The summed E-state index contributed by atoms with van der Waals surface area (Å²) in [5, 5.41) is 12.7. The Morgan fingerprint density at radius 3 is 2.28 bits per heavy atom. The number of aryl methyl sites for hydroxylation is 2. The monoisotopic (exact) mass is 653 g/mol. The molecule has 0 aromatic heterocycles. The summed E-state index contributed by atoms with van der Waals surface area (Å²) in [4.78, 5) is 25.5. The lowest BCUT2D eigenvalue weighted by Gasteiger charge is -2.31. The molecule has 0 fully saturated rings. The molecule has 1 aliphatic heterocycles. The fourth-order valence-corrected chi connectivity index (χ4v) is 7.17. The van der Waals surface area contributed by atoms with Gasteiger partial charge in [-0.1, -0.05) is 29.3 Å². The smallest absolute Gasteiger partial charge is 0.407 e. The molecule has 3 aromatic carbocycles. The van der Waals surface area contributed by atoms with Crippen molar-refractivity contribution in [2.45, 2.75) is 37.9 Å². The van der Waals surface area contributed by atoms with Crippen molar-refractivity contribution in [2.75, 3.05) is 20.4 Å². The number of amides is 2. The minimum atomic E-state index is -4.45. The normalized spacial score (nSPS) is 13.0. The fraction of sp³-hybridized carbons (Fsp3) is 0.286. The van der Waals surface area contributed by atoms with E-state index < -0.39 is 34.6 Å². The van der Waals surface area contributed by atoms with E-state index in [1.807, 2.05) is 0 Å². The molecule has 0 radical (unpaired) electrons. The van der Waals surface area contributed by atoms with E-state index in [1.165, 1.54) is 18.7 Å². The van der Waals surface area contributed by atoms with Gasteiger partial charge in [-0.15, -0.1) is 0 Å². The first-order valence-corrected chi connectivity index (χ1v) is 15.0. The molecule has 0 spiro atoms. The van der Waals surface area contributed by atoms with Crippen LogP contribution in [0.3, 0.4) is 0 Å². The van der Waals surface area contributed by atoms with Gasteiger partial charge in [-0.25, -0.2) is 18.7 Å². The van der Waals surface area contributed by atoms with Crippen molar-refractivity contribution in [3.8, 4) is 17.2 Å². The molecule has 0 unspecified atom stereocenters. The Kier molecular flexibility index (Phi) is 10.2. The summed E-state index contributed by atoms with van der Waals surface area (Å²) >= 11 is 12.0. The zero-order valence-corrected chi connectivity index (χ0v) is 25.7. The molecule has 2 amide bonds. The molecule has 43 heavy (non-hydrogen) atoms. The van der Waals surface area contributed by atoms with Gasteiger partial charge < -0.3 is 24.3 Å². The highest BCUT2D eigenvalue weighted by molar-refractivity contribution is 7.89. The Labute approximate surface area is 258 Å². The number of ether oxygens (including phenoxy) is 4. The molecular weight excluding hydrogens is 625 g/mol. The third-order valence-corrected chi connectivity index (χ3v) is 9.10. The van der Waals surface area contributed by atoms with Crippen LogP contribution in [0.1, 0.15) is 22.3 Å². The maximum absolute atomic E-state index is 14.3. The topological polar surface area (TPSA) is 153 Å². The van der Waals surface area contributed by atoms with E-state index in [2.05, 4.69) is 5.32 Å². The number of carbonyl (C=O) groups is 2. The second kappa shape index (κ2) is 13.7. The molecule has 0 aliphatic carbocycles. The van der Waals surface area contributed by atoms with E-state index in [0.29, 0.717) is 49.5 Å². The Morgan fingerprint density at radius 1 is 1.00 bits per heavy atom. The number of alkyl carbamates (subject to hydrolysis) is 1. The molecule has 0 saturated carbocycles. The maximum Gasteiger partial charge on any atom is 0.407 e. The SMILES string of the molecule is COc1cc(C)c(S(=O)(=O)N(Cc2ccc3c(c2)OCO3)[C@H](CNC(=O)OCc2cc(Cl)cc(Cl)c2)C(=O)NO)c(C)c1. The Hall–Kier alpha value is -3.75. The number of hydroxylamine groups is 1. The minimum Gasteiger partial charge on any atom is -0.497 e. The Balaban J connectivity index is 1.66. The summed E-state index contributed by atoms with van der Waals surface area (Å²) in [6, 6.07) is 10.9. The number of hydrogen-bond donors (Lipinski definition) is 3. The first-order chi connectivity index (χ1) is 20.4. The predicted octanol–water partition coefficient (Wildman–Crippen LogP) is 4.34. The van der Waals surface area contributed by atoms with Crippen LogP contribution in [0.4, 0.5) is 4.79 Å². The van der Waals surface area contributed by atoms with Crippen LogP contribution in [-0.4, -0.2) is 56.4 Å². The van der Waals surface area contributed by atoms with Crippen LogP contribution in [0.5, 0.6) is 17.2 Å². The zero-order chi connectivity index (χ0) is 31.3. The number of benzene rings is 3. The number of nitrogens with zero attached hydrogens (tertiary/aromatic N) is 1. The minimum absolute atomic E-state index is 0.00794. The lowest BCUT2D eigenvalue weighted by molar-refractivity contribution is -0.133. The summed E-state index contributed by atoms with van der Waals surface area (Å²) < 4.78 is 50.7. The molecule has 4 rings (SSSR count). The van der Waals surface area contributed by atoms with Gasteiger partial charge in [-0.2, -0.15) is 4.31 Å². The molecular formula is C28H29Cl2N3O9S. The average Bonchev–Trinajstić information content (AvgIpc) is 3.42. The Bertz CT molecular complexity index is 1590. The van der Waals surface area contributed by atoms with Crippen molar-refractivity contribution < 1.29 is 42.2 Å². The fourth-order valence-electron chi connectivity index (χ4n) is 4.61. The lowest BCUT2D eigenvalue weighted by Crippen LogP contribution is -2.54. The number of rotatable bonds is 11.